The van der Waals surface area contributed by atoms with Gasteiger partial charge in [0.2, 0.25) is 0 Å². The maximum absolute atomic E-state index is 11.5. The second kappa shape index (κ2) is 10.9. The number of hydrogen-bond donors (Lipinski definition) is 1. The van der Waals surface area contributed by atoms with E-state index in [-0.39, 0.29) is 11.8 Å². The Morgan fingerprint density at radius 3 is 2.15 bits per heavy atom. The van der Waals surface area contributed by atoms with Gasteiger partial charge in [-0.3, -0.25) is 14.4 Å². The molecule has 0 aromatic heterocycles. The number of unbranched alkanes of at least 4 members (excludes halogenated alkanes) is 1. The molecule has 1 N–H and O–H groups in total. The number of rotatable bonds is 7. The van der Waals surface area contributed by atoms with Crippen LogP contribution in [0.3, 0.4) is 0 Å². The van der Waals surface area contributed by atoms with Gasteiger partial charge in [0, 0.05) is 20.8 Å². The number of carbonyl (C=O) groups excluding carboxylic acids is 3. The molecule has 10 heteroatoms. The number of hydrogen-bond acceptors (Lipinski definition) is 9. The zero-order valence-electron chi connectivity index (χ0n) is 15.3. The van der Waals surface area contributed by atoms with Gasteiger partial charge in [0.1, 0.15) is 0 Å². The lowest BCUT2D eigenvalue weighted by Crippen LogP contribution is -2.62. The monoisotopic (exact) mass is 391 g/mol. The van der Waals surface area contributed by atoms with E-state index in [0.29, 0.717) is 6.61 Å². The summed E-state index contributed by atoms with van der Waals surface area (Å²) in [5.41, 5.74) is 0. The van der Waals surface area contributed by atoms with Crippen LogP contribution in [0.5, 0.6) is 0 Å². The molecule has 1 fully saturated rings. The van der Waals surface area contributed by atoms with Crippen LogP contribution in [0.15, 0.2) is 0 Å². The summed E-state index contributed by atoms with van der Waals surface area (Å²) < 4.78 is 26.5. The summed E-state index contributed by atoms with van der Waals surface area (Å²) in [7, 11) is 0. The van der Waals surface area contributed by atoms with Crippen molar-refractivity contribution >= 4 is 35.3 Å². The van der Waals surface area contributed by atoms with Crippen molar-refractivity contribution < 1.29 is 38.1 Å². The SMILES string of the molecule is CCCCOC(=S)N[C@@H]1OC[C@@H](OC(C)=O)[C@@H](OC(C)=O)[C@@H]1OC(C)=O. The fourth-order valence-electron chi connectivity index (χ4n) is 2.33. The minimum Gasteiger partial charge on any atom is -0.471 e. The molecule has 0 aliphatic carbocycles. The molecule has 0 spiro atoms. The molecule has 1 aliphatic heterocycles. The van der Waals surface area contributed by atoms with Crippen molar-refractivity contribution in [2.75, 3.05) is 13.2 Å². The summed E-state index contributed by atoms with van der Waals surface area (Å²) in [5, 5.41) is 2.85. The van der Waals surface area contributed by atoms with Gasteiger partial charge in [0.05, 0.1) is 13.2 Å². The van der Waals surface area contributed by atoms with Gasteiger partial charge in [-0.1, -0.05) is 13.3 Å². The van der Waals surface area contributed by atoms with Gasteiger partial charge in [-0.15, -0.1) is 0 Å². The lowest BCUT2D eigenvalue weighted by Gasteiger charge is -2.40. The molecule has 0 unspecified atom stereocenters. The number of thiocarbonyl (C=S) groups is 1. The van der Waals surface area contributed by atoms with Crippen LogP contribution in [-0.4, -0.2) is 60.8 Å². The normalized spacial score (nSPS) is 24.9. The van der Waals surface area contributed by atoms with Crippen molar-refractivity contribution in [1.82, 2.24) is 5.32 Å². The van der Waals surface area contributed by atoms with E-state index in [2.05, 4.69) is 5.32 Å². The lowest BCUT2D eigenvalue weighted by molar-refractivity contribution is -0.228. The van der Waals surface area contributed by atoms with Crippen LogP contribution in [0.2, 0.25) is 0 Å². The van der Waals surface area contributed by atoms with Crippen LogP contribution >= 0.6 is 12.2 Å². The molecular formula is C16H25NO8S. The highest BCUT2D eigenvalue weighted by Gasteiger charge is 2.47. The Hall–Kier alpha value is -1.94. The Morgan fingerprint density at radius 1 is 1.04 bits per heavy atom. The summed E-state index contributed by atoms with van der Waals surface area (Å²) in [5.74, 6) is -1.82. The Morgan fingerprint density at radius 2 is 1.62 bits per heavy atom. The predicted octanol–water partition coefficient (Wildman–Crippen LogP) is 0.829. The first-order chi connectivity index (χ1) is 12.2. The zero-order valence-corrected chi connectivity index (χ0v) is 16.1. The fourth-order valence-corrected chi connectivity index (χ4v) is 2.53. The van der Waals surface area contributed by atoms with E-state index >= 15 is 0 Å². The summed E-state index contributed by atoms with van der Waals surface area (Å²) in [6.07, 6.45) is -2.22. The molecule has 1 rings (SSSR count). The first-order valence-corrected chi connectivity index (χ1v) is 8.72. The molecule has 0 aromatic carbocycles. The van der Waals surface area contributed by atoms with E-state index < -0.39 is 42.4 Å². The van der Waals surface area contributed by atoms with E-state index in [0.717, 1.165) is 12.8 Å². The highest BCUT2D eigenvalue weighted by atomic mass is 32.1. The van der Waals surface area contributed by atoms with E-state index in [9.17, 15) is 14.4 Å². The number of nitrogens with one attached hydrogen (secondary N) is 1. The number of ether oxygens (including phenoxy) is 5. The van der Waals surface area contributed by atoms with Gasteiger partial charge in [-0.25, -0.2) is 0 Å². The van der Waals surface area contributed by atoms with Crippen molar-refractivity contribution in [1.29, 1.82) is 0 Å². The van der Waals surface area contributed by atoms with E-state index in [1.165, 1.54) is 20.8 Å². The molecular weight excluding hydrogens is 366 g/mol. The van der Waals surface area contributed by atoms with Gasteiger partial charge < -0.3 is 29.0 Å². The molecule has 0 saturated carbocycles. The fraction of sp³-hybridized carbons (Fsp3) is 0.750. The van der Waals surface area contributed by atoms with Crippen LogP contribution in [0, 0.1) is 0 Å². The molecule has 0 aromatic rings. The van der Waals surface area contributed by atoms with Crippen molar-refractivity contribution in [2.24, 2.45) is 0 Å². The summed E-state index contributed by atoms with van der Waals surface area (Å²) >= 11 is 5.09. The topological polar surface area (TPSA) is 109 Å². The van der Waals surface area contributed by atoms with Crippen molar-refractivity contribution in [3.63, 3.8) is 0 Å². The summed E-state index contributed by atoms with van der Waals surface area (Å²) in [6.45, 7) is 5.98. The average molecular weight is 391 g/mol. The van der Waals surface area contributed by atoms with E-state index in [1.54, 1.807) is 0 Å². The van der Waals surface area contributed by atoms with E-state index in [4.69, 9.17) is 35.9 Å². The molecule has 9 nitrogen and oxygen atoms in total. The zero-order chi connectivity index (χ0) is 19.7. The van der Waals surface area contributed by atoms with Crippen molar-refractivity contribution in [3.05, 3.63) is 0 Å². The molecule has 4 atom stereocenters. The minimum absolute atomic E-state index is 0.0631. The second-order valence-electron chi connectivity index (χ2n) is 5.68. The van der Waals surface area contributed by atoms with Crippen molar-refractivity contribution in [2.45, 2.75) is 65.1 Å². The standard InChI is InChI=1S/C16H25NO8S/c1-5-6-7-21-16(26)17-15-14(25-11(4)20)13(24-10(3)19)12(8-22-15)23-9(2)18/h12-15H,5-8H2,1-4H3,(H,17,26)/t12-,13-,14+,15-/m1/s1. The van der Waals surface area contributed by atoms with Crippen LogP contribution in [0.4, 0.5) is 0 Å². The van der Waals surface area contributed by atoms with Crippen LogP contribution in [0.1, 0.15) is 40.5 Å². The van der Waals surface area contributed by atoms with Gasteiger partial charge in [0.15, 0.2) is 24.5 Å². The summed E-state index contributed by atoms with van der Waals surface area (Å²) in [4.78, 5) is 34.3. The third-order valence-electron chi connectivity index (χ3n) is 3.34. The molecule has 148 valence electrons. The molecule has 1 saturated heterocycles. The highest BCUT2D eigenvalue weighted by molar-refractivity contribution is 7.80. The second-order valence-corrected chi connectivity index (χ2v) is 6.05. The smallest absolute Gasteiger partial charge is 0.303 e. The molecule has 1 heterocycles. The molecule has 1 aliphatic rings. The van der Waals surface area contributed by atoms with E-state index in [1.807, 2.05) is 6.92 Å². The van der Waals surface area contributed by atoms with Gasteiger partial charge >= 0.3 is 17.9 Å². The quantitative estimate of drug-likeness (QED) is 0.290. The minimum atomic E-state index is -1.08. The third kappa shape index (κ3) is 7.52. The van der Waals surface area contributed by atoms with Gasteiger partial charge in [-0.05, 0) is 18.6 Å². The Labute approximate surface area is 157 Å². The molecule has 0 amide bonds. The maximum atomic E-state index is 11.5. The lowest BCUT2D eigenvalue weighted by atomic mass is 10.0. The Kier molecular flexibility index (Phi) is 9.28. The number of carbonyl (C=O) groups is 3. The third-order valence-corrected chi connectivity index (χ3v) is 3.58. The maximum Gasteiger partial charge on any atom is 0.303 e. The highest BCUT2D eigenvalue weighted by Crippen LogP contribution is 2.23. The predicted molar refractivity (Wildman–Crippen MR) is 93.0 cm³/mol. The average Bonchev–Trinajstić information content (AvgIpc) is 2.52. The van der Waals surface area contributed by atoms with Crippen LogP contribution < -0.4 is 5.32 Å². The van der Waals surface area contributed by atoms with Crippen molar-refractivity contribution in [3.8, 4) is 0 Å². The van der Waals surface area contributed by atoms with Gasteiger partial charge in [0.25, 0.3) is 5.17 Å². The Balaban J connectivity index is 2.91. The first-order valence-electron chi connectivity index (χ1n) is 8.31. The van der Waals surface area contributed by atoms with Gasteiger partial charge in [-0.2, -0.15) is 0 Å². The first kappa shape index (κ1) is 22.1. The van der Waals surface area contributed by atoms with Crippen LogP contribution in [-0.2, 0) is 38.1 Å². The molecule has 26 heavy (non-hydrogen) atoms. The molecule has 0 bridgehead atoms. The summed E-state index contributed by atoms with van der Waals surface area (Å²) in [6, 6.07) is 0. The largest absolute Gasteiger partial charge is 0.471 e. The Bertz CT molecular complexity index is 526. The van der Waals surface area contributed by atoms with Crippen LogP contribution in [0.25, 0.3) is 0 Å². The molecule has 0 radical (unpaired) electrons. The number of esters is 3.